The average Bonchev–Trinajstić information content (AvgIpc) is 3.08. The summed E-state index contributed by atoms with van der Waals surface area (Å²) in [5, 5.41) is 4.50. The number of nitrogens with one attached hydrogen (secondary N) is 1. The van der Waals surface area contributed by atoms with E-state index in [1.165, 1.54) is 11.1 Å². The topological polar surface area (TPSA) is 56.1 Å². The minimum absolute atomic E-state index is 0.00686. The molecule has 0 saturated heterocycles. The van der Waals surface area contributed by atoms with Crippen molar-refractivity contribution in [1.29, 1.82) is 0 Å². The highest BCUT2D eigenvalue weighted by molar-refractivity contribution is 6.36. The van der Waals surface area contributed by atoms with Crippen molar-refractivity contribution in [3.63, 3.8) is 0 Å². The minimum Gasteiger partial charge on any atom is -0.376 e. The number of anilines is 1. The Morgan fingerprint density at radius 3 is 2.68 bits per heavy atom. The van der Waals surface area contributed by atoms with Crippen LogP contribution in [0.2, 0.25) is 10.0 Å². The highest BCUT2D eigenvalue weighted by Gasteiger charge is 2.34. The van der Waals surface area contributed by atoms with Crippen LogP contribution in [-0.4, -0.2) is 22.3 Å². The Balaban J connectivity index is 1.79. The zero-order chi connectivity index (χ0) is 22.1. The van der Waals surface area contributed by atoms with Crippen LogP contribution in [0.5, 0.6) is 0 Å². The molecule has 0 aliphatic heterocycles. The smallest absolute Gasteiger partial charge is 0.278 e. The molecule has 3 aromatic rings. The van der Waals surface area contributed by atoms with E-state index in [9.17, 15) is 4.79 Å². The molecule has 0 fully saturated rings. The number of rotatable bonds is 6. The van der Waals surface area contributed by atoms with Crippen molar-refractivity contribution in [1.82, 2.24) is 9.55 Å². The van der Waals surface area contributed by atoms with Gasteiger partial charge in [0.25, 0.3) is 5.56 Å². The Morgan fingerprint density at radius 2 is 1.97 bits per heavy atom. The number of fused-ring (bicyclic) bond motifs is 1. The van der Waals surface area contributed by atoms with Crippen LogP contribution in [0.4, 0.5) is 5.82 Å². The molecule has 0 bridgehead atoms. The molecule has 1 heterocycles. The molecule has 162 valence electrons. The molecule has 1 aromatic heterocycles. The third kappa shape index (κ3) is 4.10. The summed E-state index contributed by atoms with van der Waals surface area (Å²) in [6, 6.07) is 13.3. The summed E-state index contributed by atoms with van der Waals surface area (Å²) in [7, 11) is 0. The maximum absolute atomic E-state index is 13.4. The largest absolute Gasteiger partial charge is 0.376 e. The maximum atomic E-state index is 13.4. The summed E-state index contributed by atoms with van der Waals surface area (Å²) in [5.74, 6) is 0.702. The number of benzene rings is 2. The van der Waals surface area contributed by atoms with E-state index in [0.29, 0.717) is 40.3 Å². The lowest BCUT2D eigenvalue weighted by molar-refractivity contribution is 0.0572. The second-order valence-corrected chi connectivity index (χ2v) is 8.43. The fourth-order valence-electron chi connectivity index (χ4n) is 4.28. The van der Waals surface area contributed by atoms with Gasteiger partial charge in [0.15, 0.2) is 0 Å². The summed E-state index contributed by atoms with van der Waals surface area (Å²) >= 11 is 12.4. The van der Waals surface area contributed by atoms with Gasteiger partial charge in [0, 0.05) is 30.2 Å². The van der Waals surface area contributed by atoms with Gasteiger partial charge in [0.05, 0.1) is 22.9 Å². The SMILES string of the molecule is CCO[C@H]1Cc2ccccc2[C@H]1Nc1c(C)nc(-c2ccc(Cl)cc2Cl)c(=O)n1CC. The molecular weight excluding hydrogens is 433 g/mol. The van der Waals surface area contributed by atoms with Crippen molar-refractivity contribution in [3.8, 4) is 11.3 Å². The first-order valence-electron chi connectivity index (χ1n) is 10.5. The summed E-state index contributed by atoms with van der Waals surface area (Å²) < 4.78 is 7.75. The quantitative estimate of drug-likeness (QED) is 0.518. The van der Waals surface area contributed by atoms with E-state index in [-0.39, 0.29) is 17.7 Å². The van der Waals surface area contributed by atoms with E-state index in [1.54, 1.807) is 22.8 Å². The Hall–Kier alpha value is -2.34. The van der Waals surface area contributed by atoms with Crippen LogP contribution in [0.3, 0.4) is 0 Å². The highest BCUT2D eigenvalue weighted by atomic mass is 35.5. The van der Waals surface area contributed by atoms with Gasteiger partial charge in [0.2, 0.25) is 0 Å². The van der Waals surface area contributed by atoms with Gasteiger partial charge in [-0.3, -0.25) is 9.36 Å². The van der Waals surface area contributed by atoms with Gasteiger partial charge in [-0.05, 0) is 50.1 Å². The Morgan fingerprint density at radius 1 is 1.19 bits per heavy atom. The fourth-order valence-corrected chi connectivity index (χ4v) is 4.78. The number of aromatic nitrogens is 2. The van der Waals surface area contributed by atoms with Gasteiger partial charge in [-0.1, -0.05) is 47.5 Å². The summed E-state index contributed by atoms with van der Waals surface area (Å²) in [4.78, 5) is 18.0. The normalized spacial score (nSPS) is 17.6. The average molecular weight is 458 g/mol. The first-order valence-corrected chi connectivity index (χ1v) is 11.2. The molecule has 0 unspecified atom stereocenters. The lowest BCUT2D eigenvalue weighted by atomic mass is 10.1. The van der Waals surface area contributed by atoms with Gasteiger partial charge in [-0.15, -0.1) is 0 Å². The van der Waals surface area contributed by atoms with E-state index in [4.69, 9.17) is 27.9 Å². The molecule has 4 rings (SSSR count). The van der Waals surface area contributed by atoms with Crippen molar-refractivity contribution >= 4 is 29.0 Å². The van der Waals surface area contributed by atoms with E-state index >= 15 is 0 Å². The zero-order valence-electron chi connectivity index (χ0n) is 17.8. The number of halogens is 2. The molecule has 1 aliphatic rings. The number of hydrogen-bond donors (Lipinski definition) is 1. The Kier molecular flexibility index (Phi) is 6.37. The number of aryl methyl sites for hydroxylation is 1. The van der Waals surface area contributed by atoms with Gasteiger partial charge < -0.3 is 10.1 Å². The van der Waals surface area contributed by atoms with Crippen LogP contribution in [0.25, 0.3) is 11.3 Å². The molecule has 5 nitrogen and oxygen atoms in total. The van der Waals surface area contributed by atoms with E-state index < -0.39 is 0 Å². The summed E-state index contributed by atoms with van der Waals surface area (Å²) in [5.41, 5.74) is 3.88. The third-order valence-electron chi connectivity index (χ3n) is 5.70. The van der Waals surface area contributed by atoms with Crippen molar-refractivity contribution in [2.24, 2.45) is 0 Å². The molecule has 1 aliphatic carbocycles. The molecule has 7 heteroatoms. The lowest BCUT2D eigenvalue weighted by Crippen LogP contribution is -2.31. The second-order valence-electron chi connectivity index (χ2n) is 7.59. The second kappa shape index (κ2) is 9.03. The van der Waals surface area contributed by atoms with Crippen molar-refractivity contribution in [2.45, 2.75) is 45.9 Å². The van der Waals surface area contributed by atoms with E-state index in [2.05, 4.69) is 22.4 Å². The van der Waals surface area contributed by atoms with E-state index in [1.807, 2.05) is 32.9 Å². The molecule has 0 saturated carbocycles. The maximum Gasteiger partial charge on any atom is 0.278 e. The number of ether oxygens (including phenoxy) is 1. The van der Waals surface area contributed by atoms with Crippen molar-refractivity contribution in [2.75, 3.05) is 11.9 Å². The molecular formula is C24H25Cl2N3O2. The fraction of sp³-hybridized carbons (Fsp3) is 0.333. The van der Waals surface area contributed by atoms with Gasteiger partial charge in [0.1, 0.15) is 11.5 Å². The van der Waals surface area contributed by atoms with Crippen molar-refractivity contribution < 1.29 is 4.74 Å². The molecule has 0 spiro atoms. The van der Waals surface area contributed by atoms with Crippen LogP contribution in [0.15, 0.2) is 47.3 Å². The van der Waals surface area contributed by atoms with Crippen LogP contribution in [0.1, 0.15) is 36.7 Å². The molecule has 2 atom stereocenters. The van der Waals surface area contributed by atoms with Crippen LogP contribution < -0.4 is 10.9 Å². The summed E-state index contributed by atoms with van der Waals surface area (Å²) in [6.45, 7) is 6.97. The van der Waals surface area contributed by atoms with Crippen molar-refractivity contribution in [3.05, 3.63) is 79.7 Å². The van der Waals surface area contributed by atoms with E-state index in [0.717, 1.165) is 12.1 Å². The van der Waals surface area contributed by atoms with Crippen LogP contribution >= 0.6 is 23.2 Å². The van der Waals surface area contributed by atoms with Crippen LogP contribution in [-0.2, 0) is 17.7 Å². The minimum atomic E-state index is -0.195. The Bertz CT molecular complexity index is 1180. The molecule has 31 heavy (non-hydrogen) atoms. The predicted molar refractivity (Wildman–Crippen MR) is 126 cm³/mol. The zero-order valence-corrected chi connectivity index (χ0v) is 19.3. The third-order valence-corrected chi connectivity index (χ3v) is 6.25. The standard InChI is InChI=1S/C24H25Cl2N3O2/c1-4-29-23(28-21-17-9-7-6-8-15(17)12-20(21)31-5-2)14(3)27-22(24(29)30)18-11-10-16(25)13-19(18)26/h6-11,13,20-21,28H,4-5,12H2,1-3H3/t20-,21+/m0/s1. The Labute approximate surface area is 192 Å². The molecule has 0 amide bonds. The van der Waals surface area contributed by atoms with Gasteiger partial charge >= 0.3 is 0 Å². The highest BCUT2D eigenvalue weighted by Crippen LogP contribution is 2.36. The molecule has 0 radical (unpaired) electrons. The van der Waals surface area contributed by atoms with Crippen LogP contribution in [0, 0.1) is 6.92 Å². The summed E-state index contributed by atoms with van der Waals surface area (Å²) in [6.07, 6.45) is 0.829. The first-order chi connectivity index (χ1) is 14.9. The number of hydrogen-bond acceptors (Lipinski definition) is 4. The predicted octanol–water partition coefficient (Wildman–Crippen LogP) is 5.66. The van der Waals surface area contributed by atoms with Gasteiger partial charge in [-0.2, -0.15) is 0 Å². The lowest BCUT2D eigenvalue weighted by Gasteiger charge is -2.26. The monoisotopic (exact) mass is 457 g/mol. The molecule has 1 N–H and O–H groups in total. The number of nitrogens with zero attached hydrogens (tertiary/aromatic N) is 2. The van der Waals surface area contributed by atoms with Gasteiger partial charge in [-0.25, -0.2) is 4.98 Å². The first kappa shape index (κ1) is 21.9. The molecule has 2 aromatic carbocycles.